The van der Waals surface area contributed by atoms with Crippen molar-refractivity contribution in [2.45, 2.75) is 19.4 Å². The summed E-state index contributed by atoms with van der Waals surface area (Å²) in [5, 5.41) is 3.34. The maximum Gasteiger partial charge on any atom is 0.251 e. The molecular formula is C11H15BrCl2N2O. The predicted octanol–water partition coefficient (Wildman–Crippen LogP) is 2.99. The molecule has 3 nitrogen and oxygen atoms in total. The van der Waals surface area contributed by atoms with Crippen LogP contribution < -0.4 is 11.1 Å². The number of benzene rings is 1. The van der Waals surface area contributed by atoms with E-state index in [1.807, 2.05) is 13.8 Å². The fourth-order valence-corrected chi connectivity index (χ4v) is 1.50. The lowest BCUT2D eigenvalue weighted by Crippen LogP contribution is -2.48. The molecule has 0 spiro atoms. The molecule has 96 valence electrons. The summed E-state index contributed by atoms with van der Waals surface area (Å²) in [6.07, 6.45) is 0. The van der Waals surface area contributed by atoms with Gasteiger partial charge >= 0.3 is 0 Å². The Kier molecular flexibility index (Phi) is 6.48. The van der Waals surface area contributed by atoms with Crippen LogP contribution in [0.15, 0.2) is 22.7 Å². The van der Waals surface area contributed by atoms with E-state index in [9.17, 15) is 4.79 Å². The Morgan fingerprint density at radius 2 is 2.12 bits per heavy atom. The molecule has 0 saturated carbocycles. The van der Waals surface area contributed by atoms with Gasteiger partial charge in [-0.05, 0) is 48.0 Å². The Hall–Kier alpha value is -0.290. The second-order valence-electron chi connectivity index (χ2n) is 4.17. The molecule has 1 rings (SSSR count). The number of halogens is 3. The quantitative estimate of drug-likeness (QED) is 0.887. The molecule has 0 fully saturated rings. The Morgan fingerprint density at radius 3 is 2.59 bits per heavy atom. The molecule has 0 heterocycles. The highest BCUT2D eigenvalue weighted by molar-refractivity contribution is 9.10. The minimum absolute atomic E-state index is 0. The van der Waals surface area contributed by atoms with Crippen molar-refractivity contribution in [1.29, 1.82) is 0 Å². The zero-order valence-electron chi connectivity index (χ0n) is 9.59. The summed E-state index contributed by atoms with van der Waals surface area (Å²) < 4.78 is 0.767. The Morgan fingerprint density at radius 1 is 1.53 bits per heavy atom. The van der Waals surface area contributed by atoms with Gasteiger partial charge in [-0.1, -0.05) is 11.6 Å². The number of nitrogens with two attached hydrogens (primary N) is 1. The van der Waals surface area contributed by atoms with Crippen LogP contribution in [0.1, 0.15) is 24.2 Å². The van der Waals surface area contributed by atoms with Crippen LogP contribution in [-0.2, 0) is 0 Å². The summed E-state index contributed by atoms with van der Waals surface area (Å²) in [6, 6.07) is 5.07. The summed E-state index contributed by atoms with van der Waals surface area (Å²) >= 11 is 9.18. The van der Waals surface area contributed by atoms with Crippen LogP contribution in [0.5, 0.6) is 0 Å². The number of rotatable bonds is 3. The van der Waals surface area contributed by atoms with Crippen molar-refractivity contribution >= 4 is 45.8 Å². The van der Waals surface area contributed by atoms with Crippen molar-refractivity contribution in [2.75, 3.05) is 6.54 Å². The van der Waals surface area contributed by atoms with Crippen LogP contribution in [-0.4, -0.2) is 18.0 Å². The number of nitrogens with one attached hydrogen (secondary N) is 1. The first-order valence-electron chi connectivity index (χ1n) is 4.83. The van der Waals surface area contributed by atoms with Gasteiger partial charge in [0.25, 0.3) is 5.91 Å². The second kappa shape index (κ2) is 6.59. The highest BCUT2D eigenvalue weighted by atomic mass is 79.9. The van der Waals surface area contributed by atoms with E-state index in [1.165, 1.54) is 0 Å². The minimum Gasteiger partial charge on any atom is -0.346 e. The molecule has 0 unspecified atom stereocenters. The number of carbonyl (C=O) groups is 1. The van der Waals surface area contributed by atoms with E-state index >= 15 is 0 Å². The minimum atomic E-state index is -0.420. The van der Waals surface area contributed by atoms with Crippen molar-refractivity contribution in [1.82, 2.24) is 5.32 Å². The van der Waals surface area contributed by atoms with Gasteiger partial charge in [0.15, 0.2) is 0 Å². The molecule has 1 aromatic rings. The lowest BCUT2D eigenvalue weighted by Gasteiger charge is -2.24. The summed E-state index contributed by atoms with van der Waals surface area (Å²) in [5.41, 5.74) is 5.64. The van der Waals surface area contributed by atoms with E-state index in [-0.39, 0.29) is 18.3 Å². The Balaban J connectivity index is 0.00000256. The molecule has 0 bridgehead atoms. The largest absolute Gasteiger partial charge is 0.346 e. The van der Waals surface area contributed by atoms with E-state index in [4.69, 9.17) is 17.3 Å². The highest BCUT2D eigenvalue weighted by Crippen LogP contribution is 2.23. The van der Waals surface area contributed by atoms with Gasteiger partial charge in [-0.15, -0.1) is 12.4 Å². The average Bonchev–Trinajstić information content (AvgIpc) is 2.21. The third kappa shape index (κ3) is 4.84. The van der Waals surface area contributed by atoms with E-state index in [0.717, 1.165) is 4.47 Å². The smallest absolute Gasteiger partial charge is 0.251 e. The fraction of sp³-hybridized carbons (Fsp3) is 0.364. The molecule has 17 heavy (non-hydrogen) atoms. The van der Waals surface area contributed by atoms with Crippen LogP contribution in [0.25, 0.3) is 0 Å². The van der Waals surface area contributed by atoms with Gasteiger partial charge in [-0.25, -0.2) is 0 Å². The monoisotopic (exact) mass is 340 g/mol. The SMILES string of the molecule is CC(C)(CN)NC(=O)c1ccc(Br)c(Cl)c1.Cl. The first-order valence-corrected chi connectivity index (χ1v) is 6.00. The summed E-state index contributed by atoms with van der Waals surface area (Å²) in [7, 11) is 0. The molecule has 0 aromatic heterocycles. The molecule has 3 N–H and O–H groups in total. The molecule has 1 amide bonds. The fourth-order valence-electron chi connectivity index (χ4n) is 1.07. The lowest BCUT2D eigenvalue weighted by atomic mass is 10.1. The number of hydrogen-bond acceptors (Lipinski definition) is 2. The van der Waals surface area contributed by atoms with Crippen molar-refractivity contribution in [3.63, 3.8) is 0 Å². The van der Waals surface area contributed by atoms with Crippen molar-refractivity contribution in [2.24, 2.45) is 5.73 Å². The van der Waals surface area contributed by atoms with Gasteiger partial charge in [0.2, 0.25) is 0 Å². The van der Waals surface area contributed by atoms with Gasteiger partial charge < -0.3 is 11.1 Å². The van der Waals surface area contributed by atoms with Crippen molar-refractivity contribution < 1.29 is 4.79 Å². The van der Waals surface area contributed by atoms with Gasteiger partial charge in [-0.2, -0.15) is 0 Å². The van der Waals surface area contributed by atoms with E-state index in [1.54, 1.807) is 18.2 Å². The summed E-state index contributed by atoms with van der Waals surface area (Å²) in [4.78, 5) is 11.8. The number of carbonyl (C=O) groups excluding carboxylic acids is 1. The third-order valence-electron chi connectivity index (χ3n) is 2.14. The molecule has 6 heteroatoms. The topological polar surface area (TPSA) is 55.1 Å². The Labute approximate surface area is 121 Å². The molecule has 1 aromatic carbocycles. The maximum absolute atomic E-state index is 11.8. The first-order chi connectivity index (χ1) is 7.35. The maximum atomic E-state index is 11.8. The molecule has 0 aliphatic carbocycles. The van der Waals surface area contributed by atoms with Crippen LogP contribution in [0, 0.1) is 0 Å². The lowest BCUT2D eigenvalue weighted by molar-refractivity contribution is 0.0915. The van der Waals surface area contributed by atoms with Gasteiger partial charge in [-0.3, -0.25) is 4.79 Å². The third-order valence-corrected chi connectivity index (χ3v) is 3.38. The zero-order valence-corrected chi connectivity index (χ0v) is 12.7. The van der Waals surface area contributed by atoms with Crippen molar-refractivity contribution in [3.8, 4) is 0 Å². The van der Waals surface area contributed by atoms with E-state index in [0.29, 0.717) is 17.1 Å². The second-order valence-corrected chi connectivity index (χ2v) is 5.43. The summed E-state index contributed by atoms with van der Waals surface area (Å²) in [5.74, 6) is -0.176. The van der Waals surface area contributed by atoms with Crippen LogP contribution in [0.2, 0.25) is 5.02 Å². The molecule has 0 radical (unpaired) electrons. The molecule has 0 saturated heterocycles. The van der Waals surface area contributed by atoms with Gasteiger partial charge in [0.05, 0.1) is 5.02 Å². The zero-order chi connectivity index (χ0) is 12.3. The van der Waals surface area contributed by atoms with E-state index < -0.39 is 5.54 Å². The molecule has 0 aliphatic rings. The van der Waals surface area contributed by atoms with Crippen LogP contribution >= 0.6 is 39.9 Å². The van der Waals surface area contributed by atoms with Gasteiger partial charge in [0, 0.05) is 22.1 Å². The highest BCUT2D eigenvalue weighted by Gasteiger charge is 2.19. The molecule has 0 atom stereocenters. The number of hydrogen-bond donors (Lipinski definition) is 2. The normalized spacial score (nSPS) is 10.6. The first kappa shape index (κ1) is 16.7. The molecular weight excluding hydrogens is 327 g/mol. The molecule has 0 aliphatic heterocycles. The average molecular weight is 342 g/mol. The van der Waals surface area contributed by atoms with Gasteiger partial charge in [0.1, 0.15) is 0 Å². The van der Waals surface area contributed by atoms with Crippen molar-refractivity contribution in [3.05, 3.63) is 33.3 Å². The van der Waals surface area contributed by atoms with Crippen LogP contribution in [0.3, 0.4) is 0 Å². The van der Waals surface area contributed by atoms with E-state index in [2.05, 4.69) is 21.2 Å². The Bertz CT molecular complexity index is 410. The standard InChI is InChI=1S/C11H14BrClN2O.ClH/c1-11(2,6-14)15-10(16)7-3-4-8(12)9(13)5-7;/h3-5H,6,14H2,1-2H3,(H,15,16);1H. The van der Waals surface area contributed by atoms with Crippen LogP contribution in [0.4, 0.5) is 0 Å². The predicted molar refractivity (Wildman–Crippen MR) is 77.0 cm³/mol. The summed E-state index contributed by atoms with van der Waals surface area (Å²) in [6.45, 7) is 4.11. The number of amides is 1.